The molecule has 1 aromatic carbocycles. The van der Waals surface area contributed by atoms with Crippen LogP contribution in [0.25, 0.3) is 0 Å². The molecule has 0 aliphatic rings. The van der Waals surface area contributed by atoms with Crippen LogP contribution in [0.2, 0.25) is 0 Å². The standard InChI is InChI=1S/C18H26N2O3/c1-12-6-7-13(2)18(15(12)4)22-11-17(21)10-20(5)9-16-8-14(3)23-19-16/h6-8,17,21H,9-11H2,1-5H3. The Morgan fingerprint density at radius 1 is 1.22 bits per heavy atom. The summed E-state index contributed by atoms with van der Waals surface area (Å²) in [6.45, 7) is 9.41. The Labute approximate surface area is 137 Å². The smallest absolute Gasteiger partial charge is 0.133 e. The molecule has 0 spiro atoms. The van der Waals surface area contributed by atoms with Crippen molar-refractivity contribution in [1.82, 2.24) is 10.1 Å². The number of aryl methyl sites for hydroxylation is 3. The second-order valence-electron chi connectivity index (χ2n) is 6.24. The van der Waals surface area contributed by atoms with Gasteiger partial charge in [-0.2, -0.15) is 0 Å². The second kappa shape index (κ2) is 7.62. The lowest BCUT2D eigenvalue weighted by atomic mass is 10.1. The van der Waals surface area contributed by atoms with Crippen molar-refractivity contribution in [3.8, 4) is 5.75 Å². The molecule has 126 valence electrons. The first-order valence-electron chi connectivity index (χ1n) is 7.85. The molecule has 0 amide bonds. The van der Waals surface area contributed by atoms with E-state index in [9.17, 15) is 5.11 Å². The van der Waals surface area contributed by atoms with Gasteiger partial charge >= 0.3 is 0 Å². The number of likely N-dealkylation sites (N-methyl/N-ethyl adjacent to an activating group) is 1. The summed E-state index contributed by atoms with van der Waals surface area (Å²) in [5.74, 6) is 1.67. The van der Waals surface area contributed by atoms with Gasteiger partial charge in [-0.15, -0.1) is 0 Å². The number of nitrogens with zero attached hydrogens (tertiary/aromatic N) is 2. The molecule has 1 atom stereocenters. The van der Waals surface area contributed by atoms with Crippen LogP contribution in [0.5, 0.6) is 5.75 Å². The van der Waals surface area contributed by atoms with E-state index in [4.69, 9.17) is 9.26 Å². The summed E-state index contributed by atoms with van der Waals surface area (Å²) in [6.07, 6.45) is -0.563. The Kier molecular flexibility index (Phi) is 5.80. The summed E-state index contributed by atoms with van der Waals surface area (Å²) in [4.78, 5) is 2.00. The monoisotopic (exact) mass is 318 g/mol. The van der Waals surface area contributed by atoms with E-state index in [1.807, 2.05) is 44.9 Å². The molecule has 0 aliphatic carbocycles. The Morgan fingerprint density at radius 3 is 2.57 bits per heavy atom. The predicted molar refractivity (Wildman–Crippen MR) is 89.7 cm³/mol. The maximum atomic E-state index is 10.2. The molecular formula is C18H26N2O3. The molecule has 0 saturated carbocycles. The third-order valence-corrected chi connectivity index (χ3v) is 3.92. The summed E-state index contributed by atoms with van der Waals surface area (Å²) in [7, 11) is 1.94. The zero-order valence-corrected chi connectivity index (χ0v) is 14.6. The number of hydrogen-bond donors (Lipinski definition) is 1. The molecule has 0 fully saturated rings. The molecule has 0 bridgehead atoms. The van der Waals surface area contributed by atoms with Gasteiger partial charge in [0.05, 0.1) is 5.69 Å². The van der Waals surface area contributed by atoms with Gasteiger partial charge in [-0.3, -0.25) is 4.90 Å². The van der Waals surface area contributed by atoms with Crippen molar-refractivity contribution in [3.05, 3.63) is 46.3 Å². The van der Waals surface area contributed by atoms with Crippen LogP contribution in [0, 0.1) is 27.7 Å². The third kappa shape index (κ3) is 4.81. The van der Waals surface area contributed by atoms with Crippen molar-refractivity contribution in [3.63, 3.8) is 0 Å². The summed E-state index contributed by atoms with van der Waals surface area (Å²) in [5.41, 5.74) is 4.28. The van der Waals surface area contributed by atoms with Crippen molar-refractivity contribution in [2.45, 2.75) is 40.3 Å². The van der Waals surface area contributed by atoms with Crippen LogP contribution in [-0.2, 0) is 6.54 Å². The van der Waals surface area contributed by atoms with Gasteiger partial charge in [-0.25, -0.2) is 0 Å². The largest absolute Gasteiger partial charge is 0.490 e. The minimum absolute atomic E-state index is 0.271. The molecule has 23 heavy (non-hydrogen) atoms. The lowest BCUT2D eigenvalue weighted by molar-refractivity contribution is 0.0732. The first-order valence-corrected chi connectivity index (χ1v) is 7.85. The van der Waals surface area contributed by atoms with Crippen LogP contribution >= 0.6 is 0 Å². The van der Waals surface area contributed by atoms with Crippen LogP contribution in [0.4, 0.5) is 0 Å². The zero-order valence-electron chi connectivity index (χ0n) is 14.6. The summed E-state index contributed by atoms with van der Waals surface area (Å²) >= 11 is 0. The highest BCUT2D eigenvalue weighted by atomic mass is 16.5. The van der Waals surface area contributed by atoms with E-state index >= 15 is 0 Å². The van der Waals surface area contributed by atoms with Crippen molar-refractivity contribution in [1.29, 1.82) is 0 Å². The lowest BCUT2D eigenvalue weighted by Gasteiger charge is -2.21. The van der Waals surface area contributed by atoms with Gasteiger partial charge in [0.1, 0.15) is 24.2 Å². The van der Waals surface area contributed by atoms with Gasteiger partial charge in [0.15, 0.2) is 0 Å². The molecule has 2 rings (SSSR count). The fraction of sp³-hybridized carbons (Fsp3) is 0.500. The van der Waals surface area contributed by atoms with Gasteiger partial charge in [0, 0.05) is 19.2 Å². The molecule has 5 nitrogen and oxygen atoms in total. The number of benzene rings is 1. The maximum Gasteiger partial charge on any atom is 0.133 e. The zero-order chi connectivity index (χ0) is 17.0. The van der Waals surface area contributed by atoms with E-state index < -0.39 is 6.10 Å². The van der Waals surface area contributed by atoms with E-state index in [1.54, 1.807) is 0 Å². The molecule has 2 aromatic rings. The minimum Gasteiger partial charge on any atom is -0.490 e. The number of ether oxygens (including phenoxy) is 1. The van der Waals surface area contributed by atoms with Crippen LogP contribution in [0.15, 0.2) is 22.7 Å². The normalized spacial score (nSPS) is 12.7. The van der Waals surface area contributed by atoms with Gasteiger partial charge in [-0.1, -0.05) is 17.3 Å². The molecule has 0 saturated heterocycles. The van der Waals surface area contributed by atoms with Crippen LogP contribution in [0.3, 0.4) is 0 Å². The molecule has 5 heteroatoms. The molecule has 1 N–H and O–H groups in total. The van der Waals surface area contributed by atoms with Crippen molar-refractivity contribution in [2.75, 3.05) is 20.2 Å². The molecule has 1 unspecified atom stereocenters. The Hall–Kier alpha value is -1.85. The summed E-state index contributed by atoms with van der Waals surface area (Å²) in [6, 6.07) is 6.03. The SMILES string of the molecule is Cc1cc(CN(C)CC(O)COc2c(C)ccc(C)c2C)no1. The van der Waals surface area contributed by atoms with Gasteiger partial charge in [0.2, 0.25) is 0 Å². The molecular weight excluding hydrogens is 292 g/mol. The number of aliphatic hydroxyl groups is 1. The highest BCUT2D eigenvalue weighted by Crippen LogP contribution is 2.25. The molecule has 0 radical (unpaired) electrons. The highest BCUT2D eigenvalue weighted by Gasteiger charge is 2.13. The van der Waals surface area contributed by atoms with E-state index in [2.05, 4.69) is 18.1 Å². The van der Waals surface area contributed by atoms with Gasteiger partial charge < -0.3 is 14.4 Å². The number of aliphatic hydroxyl groups excluding tert-OH is 1. The molecule has 1 heterocycles. The molecule has 1 aromatic heterocycles. The van der Waals surface area contributed by atoms with Crippen molar-refractivity contribution >= 4 is 0 Å². The Morgan fingerprint density at radius 2 is 1.91 bits per heavy atom. The lowest BCUT2D eigenvalue weighted by Crippen LogP contribution is -2.33. The van der Waals surface area contributed by atoms with Crippen LogP contribution < -0.4 is 4.74 Å². The average Bonchev–Trinajstić information content (AvgIpc) is 2.88. The highest BCUT2D eigenvalue weighted by molar-refractivity contribution is 5.44. The van der Waals surface area contributed by atoms with Crippen LogP contribution in [0.1, 0.15) is 28.1 Å². The van der Waals surface area contributed by atoms with Crippen molar-refractivity contribution < 1.29 is 14.4 Å². The average molecular weight is 318 g/mol. The first kappa shape index (κ1) is 17.5. The second-order valence-corrected chi connectivity index (χ2v) is 6.24. The predicted octanol–water partition coefficient (Wildman–Crippen LogP) is 2.78. The fourth-order valence-corrected chi connectivity index (χ4v) is 2.57. The van der Waals surface area contributed by atoms with Crippen molar-refractivity contribution in [2.24, 2.45) is 0 Å². The Bertz CT molecular complexity index is 652. The fourth-order valence-electron chi connectivity index (χ4n) is 2.57. The summed E-state index contributed by atoms with van der Waals surface area (Å²) in [5, 5.41) is 14.2. The van der Waals surface area contributed by atoms with Crippen LogP contribution in [-0.4, -0.2) is 41.5 Å². The summed E-state index contributed by atoms with van der Waals surface area (Å²) < 4.78 is 10.9. The Balaban J connectivity index is 1.85. The van der Waals surface area contributed by atoms with E-state index in [1.165, 1.54) is 5.56 Å². The number of aromatic nitrogens is 1. The van der Waals surface area contributed by atoms with Gasteiger partial charge in [-0.05, 0) is 51.4 Å². The molecule has 0 aliphatic heterocycles. The van der Waals surface area contributed by atoms with E-state index in [0.29, 0.717) is 13.1 Å². The first-order chi connectivity index (χ1) is 10.9. The van der Waals surface area contributed by atoms with Gasteiger partial charge in [0.25, 0.3) is 0 Å². The topological polar surface area (TPSA) is 58.7 Å². The maximum absolute atomic E-state index is 10.2. The minimum atomic E-state index is -0.563. The van der Waals surface area contributed by atoms with E-state index in [-0.39, 0.29) is 6.61 Å². The number of hydrogen-bond acceptors (Lipinski definition) is 5. The quantitative estimate of drug-likeness (QED) is 0.850. The number of rotatable bonds is 7. The third-order valence-electron chi connectivity index (χ3n) is 3.92. The van der Waals surface area contributed by atoms with E-state index in [0.717, 1.165) is 28.3 Å².